The Labute approximate surface area is 83.4 Å². The molecule has 0 saturated carbocycles. The highest BCUT2D eigenvalue weighted by Gasteiger charge is 2.33. The van der Waals surface area contributed by atoms with Crippen molar-refractivity contribution in [2.75, 3.05) is 7.11 Å². The number of ether oxygens (including phenoxy) is 1. The summed E-state index contributed by atoms with van der Waals surface area (Å²) in [5.74, 6) is -0.703. The standard InChI is InChI=1S/C8H8F3N3O/c1-15-7-4(6(12)13)2-3-5(14-7)8(9,10)11/h2-3H,1H3,(H3,12,13). The number of aromatic nitrogens is 1. The summed E-state index contributed by atoms with van der Waals surface area (Å²) in [6.07, 6.45) is -4.54. The highest BCUT2D eigenvalue weighted by Crippen LogP contribution is 2.29. The first kappa shape index (κ1) is 11.3. The molecule has 82 valence electrons. The Morgan fingerprint density at radius 3 is 2.47 bits per heavy atom. The average molecular weight is 219 g/mol. The molecule has 0 amide bonds. The topological polar surface area (TPSA) is 72.0 Å². The molecule has 7 heteroatoms. The number of nitrogen functional groups attached to an aromatic ring is 1. The van der Waals surface area contributed by atoms with Crippen LogP contribution >= 0.6 is 0 Å². The molecule has 0 unspecified atom stereocenters. The molecule has 0 bridgehead atoms. The summed E-state index contributed by atoms with van der Waals surface area (Å²) in [7, 11) is 1.16. The number of alkyl halides is 3. The van der Waals surface area contributed by atoms with Crippen molar-refractivity contribution in [2.24, 2.45) is 5.73 Å². The van der Waals surface area contributed by atoms with E-state index in [-0.39, 0.29) is 11.4 Å². The summed E-state index contributed by atoms with van der Waals surface area (Å²) in [4.78, 5) is 3.22. The second-order valence-corrected chi connectivity index (χ2v) is 2.66. The lowest BCUT2D eigenvalue weighted by Crippen LogP contribution is -2.16. The van der Waals surface area contributed by atoms with Gasteiger partial charge >= 0.3 is 6.18 Å². The lowest BCUT2D eigenvalue weighted by molar-refractivity contribution is -0.141. The van der Waals surface area contributed by atoms with Crippen LogP contribution in [-0.4, -0.2) is 17.9 Å². The molecule has 1 aromatic rings. The molecule has 0 aliphatic carbocycles. The second-order valence-electron chi connectivity index (χ2n) is 2.66. The SMILES string of the molecule is COc1nc(C(F)(F)F)ccc1C(=N)N. The first-order valence-corrected chi connectivity index (χ1v) is 3.83. The van der Waals surface area contributed by atoms with Crippen molar-refractivity contribution in [3.8, 4) is 5.88 Å². The van der Waals surface area contributed by atoms with Crippen molar-refractivity contribution in [3.63, 3.8) is 0 Å². The highest BCUT2D eigenvalue weighted by molar-refractivity contribution is 5.97. The van der Waals surface area contributed by atoms with Gasteiger partial charge < -0.3 is 10.5 Å². The predicted octanol–water partition coefficient (Wildman–Crippen LogP) is 1.39. The molecule has 1 aromatic heterocycles. The highest BCUT2D eigenvalue weighted by atomic mass is 19.4. The van der Waals surface area contributed by atoms with Crippen LogP contribution in [-0.2, 0) is 6.18 Å². The molecule has 0 aliphatic heterocycles. The normalized spacial score (nSPS) is 11.2. The quantitative estimate of drug-likeness (QED) is 0.583. The molecule has 0 saturated heterocycles. The van der Waals surface area contributed by atoms with Crippen molar-refractivity contribution in [2.45, 2.75) is 6.18 Å². The number of hydrogen-bond acceptors (Lipinski definition) is 3. The van der Waals surface area contributed by atoms with Crippen LogP contribution in [0.15, 0.2) is 12.1 Å². The first-order chi connectivity index (χ1) is 6.86. The smallest absolute Gasteiger partial charge is 0.433 e. The summed E-state index contributed by atoms with van der Waals surface area (Å²) in [5.41, 5.74) is 4.08. The van der Waals surface area contributed by atoms with E-state index >= 15 is 0 Å². The van der Waals surface area contributed by atoms with E-state index in [4.69, 9.17) is 11.1 Å². The number of hydrogen-bond donors (Lipinski definition) is 2. The minimum atomic E-state index is -4.54. The van der Waals surface area contributed by atoms with Gasteiger partial charge in [-0.1, -0.05) is 0 Å². The number of nitrogens with two attached hydrogens (primary N) is 1. The maximum atomic E-state index is 12.2. The van der Waals surface area contributed by atoms with E-state index < -0.39 is 17.7 Å². The van der Waals surface area contributed by atoms with E-state index in [0.29, 0.717) is 0 Å². The van der Waals surface area contributed by atoms with Crippen LogP contribution in [0.1, 0.15) is 11.3 Å². The van der Waals surface area contributed by atoms with Gasteiger partial charge in [0, 0.05) is 0 Å². The summed E-state index contributed by atoms with van der Waals surface area (Å²) in [5, 5.41) is 7.08. The zero-order chi connectivity index (χ0) is 11.6. The molecule has 1 heterocycles. The minimum Gasteiger partial charge on any atom is -0.480 e. The van der Waals surface area contributed by atoms with Gasteiger partial charge in [-0.15, -0.1) is 0 Å². The number of nitrogens with zero attached hydrogens (tertiary/aromatic N) is 1. The zero-order valence-electron chi connectivity index (χ0n) is 7.72. The molecule has 4 nitrogen and oxygen atoms in total. The lowest BCUT2D eigenvalue weighted by Gasteiger charge is -2.10. The summed E-state index contributed by atoms with van der Waals surface area (Å²) in [6.45, 7) is 0. The number of rotatable bonds is 2. The van der Waals surface area contributed by atoms with Crippen LogP contribution in [0.5, 0.6) is 5.88 Å². The summed E-state index contributed by atoms with van der Waals surface area (Å²) < 4.78 is 41.3. The van der Waals surface area contributed by atoms with Crippen molar-refractivity contribution in [1.29, 1.82) is 5.41 Å². The molecule has 3 N–H and O–H groups in total. The zero-order valence-corrected chi connectivity index (χ0v) is 7.72. The van der Waals surface area contributed by atoms with Gasteiger partial charge in [0.05, 0.1) is 12.7 Å². The van der Waals surface area contributed by atoms with Crippen LogP contribution < -0.4 is 10.5 Å². The molecule has 0 radical (unpaired) electrons. The maximum Gasteiger partial charge on any atom is 0.433 e. The predicted molar refractivity (Wildman–Crippen MR) is 46.8 cm³/mol. The Morgan fingerprint density at radius 1 is 1.47 bits per heavy atom. The van der Waals surface area contributed by atoms with E-state index in [1.807, 2.05) is 0 Å². The summed E-state index contributed by atoms with van der Waals surface area (Å²) in [6, 6.07) is 1.80. The average Bonchev–Trinajstić information content (AvgIpc) is 2.15. The molecule has 0 fully saturated rings. The number of pyridine rings is 1. The molecule has 1 rings (SSSR count). The molecule has 0 spiro atoms. The first-order valence-electron chi connectivity index (χ1n) is 3.83. The Morgan fingerprint density at radius 2 is 2.07 bits per heavy atom. The van der Waals surface area contributed by atoms with Gasteiger partial charge in [0.1, 0.15) is 11.5 Å². The Hall–Kier alpha value is -1.79. The van der Waals surface area contributed by atoms with Crippen molar-refractivity contribution in [3.05, 3.63) is 23.4 Å². The molecular weight excluding hydrogens is 211 g/mol. The van der Waals surface area contributed by atoms with Gasteiger partial charge in [-0.25, -0.2) is 4.98 Å². The van der Waals surface area contributed by atoms with Crippen LogP contribution in [0, 0.1) is 5.41 Å². The van der Waals surface area contributed by atoms with Crippen molar-refractivity contribution in [1.82, 2.24) is 4.98 Å². The number of halogens is 3. The third-order valence-corrected chi connectivity index (χ3v) is 1.63. The maximum absolute atomic E-state index is 12.2. The van der Waals surface area contributed by atoms with Gasteiger partial charge in [-0.3, -0.25) is 5.41 Å². The number of amidine groups is 1. The van der Waals surface area contributed by atoms with Crippen LogP contribution in [0.25, 0.3) is 0 Å². The third kappa shape index (κ3) is 2.36. The van der Waals surface area contributed by atoms with Crippen molar-refractivity contribution >= 4 is 5.84 Å². The second kappa shape index (κ2) is 3.76. The molecule has 0 atom stereocenters. The Kier molecular flexibility index (Phi) is 2.83. The molecular formula is C8H8F3N3O. The largest absolute Gasteiger partial charge is 0.480 e. The van der Waals surface area contributed by atoms with E-state index in [1.165, 1.54) is 0 Å². The van der Waals surface area contributed by atoms with Crippen LogP contribution in [0.3, 0.4) is 0 Å². The van der Waals surface area contributed by atoms with Gasteiger partial charge in [0.2, 0.25) is 5.88 Å². The fourth-order valence-electron chi connectivity index (χ4n) is 0.959. The Balaban J connectivity index is 3.25. The van der Waals surface area contributed by atoms with E-state index in [9.17, 15) is 13.2 Å². The summed E-state index contributed by atoms with van der Waals surface area (Å²) >= 11 is 0. The van der Waals surface area contributed by atoms with E-state index in [2.05, 4.69) is 9.72 Å². The molecule has 0 aromatic carbocycles. The molecule has 15 heavy (non-hydrogen) atoms. The van der Waals surface area contributed by atoms with Crippen LogP contribution in [0.4, 0.5) is 13.2 Å². The van der Waals surface area contributed by atoms with Gasteiger partial charge in [-0.05, 0) is 12.1 Å². The van der Waals surface area contributed by atoms with Crippen LogP contribution in [0.2, 0.25) is 0 Å². The van der Waals surface area contributed by atoms with E-state index in [0.717, 1.165) is 19.2 Å². The fraction of sp³-hybridized carbons (Fsp3) is 0.250. The van der Waals surface area contributed by atoms with E-state index in [1.54, 1.807) is 0 Å². The lowest BCUT2D eigenvalue weighted by atomic mass is 10.2. The van der Waals surface area contributed by atoms with Gasteiger partial charge in [0.25, 0.3) is 0 Å². The number of nitrogens with one attached hydrogen (secondary N) is 1. The van der Waals surface area contributed by atoms with Gasteiger partial charge in [0.15, 0.2) is 0 Å². The number of methoxy groups -OCH3 is 1. The molecule has 0 aliphatic rings. The van der Waals surface area contributed by atoms with Crippen molar-refractivity contribution < 1.29 is 17.9 Å². The minimum absolute atomic E-state index is 0.0329. The Bertz CT molecular complexity index is 389. The monoisotopic (exact) mass is 219 g/mol. The third-order valence-electron chi connectivity index (χ3n) is 1.63. The van der Waals surface area contributed by atoms with Gasteiger partial charge in [-0.2, -0.15) is 13.2 Å². The fourth-order valence-corrected chi connectivity index (χ4v) is 0.959.